The van der Waals surface area contributed by atoms with Gasteiger partial charge in [-0.15, -0.1) is 0 Å². The minimum Gasteiger partial charge on any atom is -0.329 e. The van der Waals surface area contributed by atoms with Crippen molar-refractivity contribution in [3.05, 3.63) is 125 Å². The number of benzene rings is 3. The number of carbonyl (C=O) groups excluding carboxylic acids is 1. The maximum absolute atomic E-state index is 10.2. The van der Waals surface area contributed by atoms with Gasteiger partial charge >= 0.3 is 0 Å². The van der Waals surface area contributed by atoms with E-state index in [2.05, 4.69) is 120 Å². The van der Waals surface area contributed by atoms with Gasteiger partial charge in [-0.3, -0.25) is 9.48 Å². The Kier molecular flexibility index (Phi) is 31.0. The van der Waals surface area contributed by atoms with Gasteiger partial charge < -0.3 is 5.32 Å². The summed E-state index contributed by atoms with van der Waals surface area (Å²) in [6.45, 7) is 28.9. The number of amides is 1. The molecule has 4 heteroatoms. The molecular weight excluding hydrogens is 562 g/mol. The molecule has 0 bridgehead atoms. The van der Waals surface area contributed by atoms with Gasteiger partial charge in [0.2, 0.25) is 6.41 Å². The van der Waals surface area contributed by atoms with E-state index in [0.717, 1.165) is 23.0 Å². The summed E-state index contributed by atoms with van der Waals surface area (Å²) in [5.74, 6) is 0. The van der Waals surface area contributed by atoms with Crippen LogP contribution in [0.3, 0.4) is 0 Å². The number of nitrogens with zero attached hydrogens (tertiary/aromatic N) is 2. The Morgan fingerprint density at radius 3 is 1.85 bits per heavy atom. The number of aryl methyl sites for hydroxylation is 4. The highest BCUT2D eigenvalue weighted by Gasteiger charge is 1.99. The fourth-order valence-electron chi connectivity index (χ4n) is 3.83. The van der Waals surface area contributed by atoms with Crippen LogP contribution in [0.25, 0.3) is 16.5 Å². The zero-order valence-corrected chi connectivity index (χ0v) is 31.8. The zero-order chi connectivity index (χ0) is 35.9. The van der Waals surface area contributed by atoms with Crippen LogP contribution in [0.1, 0.15) is 105 Å². The number of hydrogen-bond acceptors (Lipinski definition) is 2. The largest absolute Gasteiger partial charge is 0.329 e. The standard InChI is InChI=1S/C12H16.C9H9N3O.C8H10.C7H12.3C2H6/c1-4-7-10(2)12-9-6-5-8-11(12)3;1-12-9-4-8(10-6-13)3-2-7(9)5-11-12;1-7-4-3-5-8(2)6-7;1-4-5-6-7(2)3;3*1-2/h5-9H,4H2,1-3H3;2-6H,1H3,(H,10,13);3-6H,1-2H3;4-6H,1-3H3;3*1-2H3/b10-7-;;;5-4-;;;. The van der Waals surface area contributed by atoms with Crippen LogP contribution >= 0.6 is 0 Å². The second-order valence-electron chi connectivity index (χ2n) is 9.84. The van der Waals surface area contributed by atoms with Crippen molar-refractivity contribution in [1.82, 2.24) is 9.78 Å². The molecule has 0 aliphatic rings. The second-order valence-corrected chi connectivity index (χ2v) is 9.84. The second kappa shape index (κ2) is 30.8. The average Bonchev–Trinajstić information content (AvgIpc) is 3.44. The van der Waals surface area contributed by atoms with Gasteiger partial charge in [0.05, 0.1) is 11.7 Å². The molecule has 46 heavy (non-hydrogen) atoms. The number of hydrogen-bond donors (Lipinski definition) is 1. The fraction of sp³-hybridized carbons (Fsp3) is 0.381. The molecule has 254 valence electrons. The summed E-state index contributed by atoms with van der Waals surface area (Å²) in [7, 11) is 1.87. The van der Waals surface area contributed by atoms with Crippen LogP contribution in [0.15, 0.2) is 103 Å². The molecule has 1 N–H and O–H groups in total. The van der Waals surface area contributed by atoms with Gasteiger partial charge in [-0.1, -0.05) is 138 Å². The Hall–Kier alpha value is -4.18. The van der Waals surface area contributed by atoms with Crippen molar-refractivity contribution in [2.24, 2.45) is 7.05 Å². The molecule has 4 nitrogen and oxygen atoms in total. The third-order valence-electron chi connectivity index (χ3n) is 5.85. The molecule has 0 aliphatic carbocycles. The van der Waals surface area contributed by atoms with Gasteiger partial charge in [0.15, 0.2) is 0 Å². The van der Waals surface area contributed by atoms with Gasteiger partial charge in [-0.05, 0) is 89.8 Å². The molecular formula is C42H65N3O. The molecule has 4 aromatic rings. The van der Waals surface area contributed by atoms with E-state index in [9.17, 15) is 4.79 Å². The number of anilines is 1. The Morgan fingerprint density at radius 1 is 0.826 bits per heavy atom. The minimum atomic E-state index is 0.664. The Labute approximate surface area is 283 Å². The van der Waals surface area contributed by atoms with Crippen LogP contribution in [-0.2, 0) is 11.8 Å². The first kappa shape index (κ1) is 46.2. The highest BCUT2D eigenvalue weighted by molar-refractivity contribution is 5.85. The highest BCUT2D eigenvalue weighted by atomic mass is 16.1. The molecule has 4 rings (SSSR count). The molecule has 0 spiro atoms. The molecule has 1 amide bonds. The van der Waals surface area contributed by atoms with E-state index in [0.29, 0.717) is 6.41 Å². The topological polar surface area (TPSA) is 46.9 Å². The maximum Gasteiger partial charge on any atom is 0.211 e. The zero-order valence-electron chi connectivity index (χ0n) is 31.8. The first-order chi connectivity index (χ1) is 22.1. The van der Waals surface area contributed by atoms with Crippen molar-refractivity contribution >= 4 is 28.6 Å². The number of nitrogens with one attached hydrogen (secondary N) is 1. The number of fused-ring (bicyclic) bond motifs is 1. The number of carbonyl (C=O) groups is 1. The van der Waals surface area contributed by atoms with E-state index in [-0.39, 0.29) is 0 Å². The lowest BCUT2D eigenvalue weighted by Crippen LogP contribution is -1.94. The Balaban J connectivity index is -0.000000520. The van der Waals surface area contributed by atoms with E-state index in [4.69, 9.17) is 0 Å². The Morgan fingerprint density at radius 2 is 1.41 bits per heavy atom. The van der Waals surface area contributed by atoms with Gasteiger partial charge in [0, 0.05) is 18.1 Å². The van der Waals surface area contributed by atoms with Crippen molar-refractivity contribution in [3.8, 4) is 0 Å². The van der Waals surface area contributed by atoms with Crippen LogP contribution in [0, 0.1) is 20.8 Å². The fourth-order valence-corrected chi connectivity index (χ4v) is 3.83. The molecule has 0 saturated heterocycles. The summed E-state index contributed by atoms with van der Waals surface area (Å²) in [4.78, 5) is 10.2. The summed E-state index contributed by atoms with van der Waals surface area (Å²) in [6.07, 6.45) is 12.0. The smallest absolute Gasteiger partial charge is 0.211 e. The normalized spacial score (nSPS) is 9.41. The van der Waals surface area contributed by atoms with Crippen molar-refractivity contribution in [2.45, 2.75) is 103 Å². The summed E-state index contributed by atoms with van der Waals surface area (Å²) < 4.78 is 1.77. The third kappa shape index (κ3) is 21.5. The molecule has 0 unspecified atom stereocenters. The summed E-state index contributed by atoms with van der Waals surface area (Å²) in [6, 6.07) is 22.6. The van der Waals surface area contributed by atoms with Gasteiger partial charge in [0.1, 0.15) is 0 Å². The molecule has 0 saturated carbocycles. The molecule has 1 heterocycles. The van der Waals surface area contributed by atoms with E-state index in [1.165, 1.54) is 33.4 Å². The predicted molar refractivity (Wildman–Crippen MR) is 210 cm³/mol. The van der Waals surface area contributed by atoms with Crippen LogP contribution in [-0.4, -0.2) is 16.2 Å². The number of rotatable bonds is 5. The first-order valence-electron chi connectivity index (χ1n) is 16.8. The number of aromatic nitrogens is 2. The molecule has 0 fully saturated rings. The molecule has 1 aromatic heterocycles. The summed E-state index contributed by atoms with van der Waals surface area (Å²) >= 11 is 0. The third-order valence-corrected chi connectivity index (χ3v) is 5.85. The molecule has 0 aliphatic heterocycles. The van der Waals surface area contributed by atoms with Gasteiger partial charge in [-0.25, -0.2) is 0 Å². The maximum atomic E-state index is 10.2. The monoisotopic (exact) mass is 628 g/mol. The highest BCUT2D eigenvalue weighted by Crippen LogP contribution is 2.18. The quantitative estimate of drug-likeness (QED) is 0.177. The van der Waals surface area contributed by atoms with E-state index in [1.54, 1.807) is 10.9 Å². The molecule has 0 radical (unpaired) electrons. The summed E-state index contributed by atoms with van der Waals surface area (Å²) in [5.41, 5.74) is 9.93. The first-order valence-corrected chi connectivity index (χ1v) is 16.8. The number of allylic oxidation sites excluding steroid dienone is 6. The van der Waals surface area contributed by atoms with E-state index < -0.39 is 0 Å². The molecule has 0 atom stereocenters. The average molecular weight is 628 g/mol. The van der Waals surface area contributed by atoms with Crippen LogP contribution < -0.4 is 5.32 Å². The van der Waals surface area contributed by atoms with Crippen molar-refractivity contribution in [1.29, 1.82) is 0 Å². The van der Waals surface area contributed by atoms with E-state index >= 15 is 0 Å². The van der Waals surface area contributed by atoms with Crippen LogP contribution in [0.4, 0.5) is 5.69 Å². The predicted octanol–water partition coefficient (Wildman–Crippen LogP) is 12.9. The van der Waals surface area contributed by atoms with Gasteiger partial charge in [0.25, 0.3) is 0 Å². The SMILES string of the molecule is C/C=C\C=C(C)C.CC.CC.CC.CC/C=C(/C)c1ccccc1C.Cc1cccc(C)c1.Cn1ncc2ccc(NC=O)cc21. The minimum absolute atomic E-state index is 0.664. The van der Waals surface area contributed by atoms with Gasteiger partial charge in [-0.2, -0.15) is 5.10 Å². The lowest BCUT2D eigenvalue weighted by molar-refractivity contribution is -0.105. The van der Waals surface area contributed by atoms with Crippen molar-refractivity contribution in [3.63, 3.8) is 0 Å². The molecule has 3 aromatic carbocycles. The lowest BCUT2D eigenvalue weighted by atomic mass is 10.0. The van der Waals surface area contributed by atoms with Crippen molar-refractivity contribution in [2.75, 3.05) is 5.32 Å². The van der Waals surface area contributed by atoms with Crippen LogP contribution in [0.5, 0.6) is 0 Å². The van der Waals surface area contributed by atoms with Crippen molar-refractivity contribution < 1.29 is 4.79 Å². The Bertz CT molecular complexity index is 1390. The summed E-state index contributed by atoms with van der Waals surface area (Å²) in [5, 5.41) is 7.76. The lowest BCUT2D eigenvalue weighted by Gasteiger charge is -2.04. The van der Waals surface area contributed by atoms with Crippen LogP contribution in [0.2, 0.25) is 0 Å². The van der Waals surface area contributed by atoms with E-state index in [1.807, 2.05) is 85.9 Å².